The lowest BCUT2D eigenvalue weighted by atomic mass is 10.2. The molecule has 1 rings (SSSR count). The van der Waals surface area contributed by atoms with Crippen molar-refractivity contribution in [1.82, 2.24) is 10.6 Å². The zero-order chi connectivity index (χ0) is 12.0. The second kappa shape index (κ2) is 6.70. The van der Waals surface area contributed by atoms with Crippen LogP contribution in [0.5, 0.6) is 0 Å². The number of imide groups is 1. The highest BCUT2D eigenvalue weighted by Crippen LogP contribution is 2.21. The van der Waals surface area contributed by atoms with Gasteiger partial charge in [-0.1, -0.05) is 0 Å². The summed E-state index contributed by atoms with van der Waals surface area (Å²) in [6, 6.07) is -0.474. The maximum atomic E-state index is 11.4. The van der Waals surface area contributed by atoms with Crippen molar-refractivity contribution in [3.63, 3.8) is 0 Å². The number of carbonyl (C=O) groups excluding carboxylic acids is 2. The summed E-state index contributed by atoms with van der Waals surface area (Å²) in [4.78, 5) is 22.5. The first-order valence-electron chi connectivity index (χ1n) is 5.36. The summed E-state index contributed by atoms with van der Waals surface area (Å²) < 4.78 is 5.23. The van der Waals surface area contributed by atoms with E-state index in [4.69, 9.17) is 16.3 Å². The van der Waals surface area contributed by atoms with Crippen LogP contribution in [0.2, 0.25) is 0 Å². The van der Waals surface area contributed by atoms with E-state index >= 15 is 0 Å². The summed E-state index contributed by atoms with van der Waals surface area (Å²) >= 11 is 5.38. The highest BCUT2D eigenvalue weighted by molar-refractivity contribution is 6.19. The highest BCUT2D eigenvalue weighted by Gasteiger charge is 2.28. The molecular weight excluding hydrogens is 232 g/mol. The van der Waals surface area contributed by atoms with Gasteiger partial charge >= 0.3 is 6.03 Å². The number of carbonyl (C=O) groups is 2. The van der Waals surface area contributed by atoms with Gasteiger partial charge < -0.3 is 10.1 Å². The number of hydrogen-bond acceptors (Lipinski definition) is 3. The Labute approximate surface area is 99.9 Å². The fourth-order valence-corrected chi connectivity index (χ4v) is 2.02. The van der Waals surface area contributed by atoms with Gasteiger partial charge in [0, 0.05) is 19.4 Å². The molecule has 6 heteroatoms. The average Bonchev–Trinajstić information content (AvgIpc) is 2.65. The van der Waals surface area contributed by atoms with Crippen molar-refractivity contribution in [1.29, 1.82) is 0 Å². The molecule has 5 nitrogen and oxygen atoms in total. The van der Waals surface area contributed by atoms with Gasteiger partial charge in [0.2, 0.25) is 5.91 Å². The molecule has 2 atom stereocenters. The van der Waals surface area contributed by atoms with Crippen LogP contribution in [0.15, 0.2) is 0 Å². The van der Waals surface area contributed by atoms with Crippen LogP contribution in [0.3, 0.4) is 0 Å². The minimum absolute atomic E-state index is 0.00574. The molecule has 0 saturated heterocycles. The third-order valence-electron chi connectivity index (χ3n) is 2.65. The van der Waals surface area contributed by atoms with Crippen LogP contribution in [0, 0.1) is 0 Å². The molecule has 2 unspecified atom stereocenters. The molecular formula is C10H17ClN2O3. The molecule has 0 aromatic heterocycles. The second-order valence-corrected chi connectivity index (χ2v) is 4.15. The van der Waals surface area contributed by atoms with Crippen LogP contribution in [0.25, 0.3) is 0 Å². The van der Waals surface area contributed by atoms with Gasteiger partial charge in [-0.2, -0.15) is 0 Å². The van der Waals surface area contributed by atoms with Crippen molar-refractivity contribution >= 4 is 23.5 Å². The quantitative estimate of drug-likeness (QED) is 0.730. The van der Waals surface area contributed by atoms with Gasteiger partial charge in [0.1, 0.15) is 0 Å². The van der Waals surface area contributed by atoms with Crippen LogP contribution in [-0.4, -0.2) is 37.1 Å². The van der Waals surface area contributed by atoms with E-state index in [1.807, 2.05) is 0 Å². The lowest BCUT2D eigenvalue weighted by molar-refractivity contribution is -0.119. The van der Waals surface area contributed by atoms with E-state index in [0.717, 1.165) is 19.3 Å². The summed E-state index contributed by atoms with van der Waals surface area (Å²) in [6.45, 7) is 0. The summed E-state index contributed by atoms with van der Waals surface area (Å²) in [7, 11) is 1.63. The van der Waals surface area contributed by atoms with Gasteiger partial charge in [-0.05, 0) is 19.3 Å². The molecule has 0 spiro atoms. The molecule has 0 aromatic carbocycles. The fraction of sp³-hybridized carbons (Fsp3) is 0.800. The van der Waals surface area contributed by atoms with E-state index in [1.165, 1.54) is 0 Å². The van der Waals surface area contributed by atoms with E-state index in [0.29, 0.717) is 0 Å². The van der Waals surface area contributed by atoms with E-state index in [1.54, 1.807) is 7.11 Å². The van der Waals surface area contributed by atoms with Crippen LogP contribution < -0.4 is 10.6 Å². The predicted molar refractivity (Wildman–Crippen MR) is 60.4 cm³/mol. The van der Waals surface area contributed by atoms with Crippen LogP contribution in [0.4, 0.5) is 4.79 Å². The van der Waals surface area contributed by atoms with Crippen LogP contribution in [0.1, 0.15) is 25.7 Å². The number of halogens is 1. The SMILES string of the molecule is COC1CCCC1NC(=O)NC(=O)CCCl. The molecule has 3 amide bonds. The molecule has 92 valence electrons. The Morgan fingerprint density at radius 3 is 2.81 bits per heavy atom. The van der Waals surface area contributed by atoms with E-state index in [9.17, 15) is 9.59 Å². The first-order chi connectivity index (χ1) is 7.67. The molecule has 1 aliphatic carbocycles. The summed E-state index contributed by atoms with van der Waals surface area (Å²) in [6.07, 6.45) is 3.05. The number of hydrogen-bond donors (Lipinski definition) is 2. The molecule has 1 fully saturated rings. The maximum absolute atomic E-state index is 11.4. The summed E-state index contributed by atoms with van der Waals surface area (Å²) in [5, 5.41) is 4.95. The summed E-state index contributed by atoms with van der Waals surface area (Å²) in [5.74, 6) is -0.150. The molecule has 0 radical (unpaired) electrons. The first-order valence-corrected chi connectivity index (χ1v) is 5.90. The Hall–Kier alpha value is -0.810. The number of alkyl halides is 1. The Morgan fingerprint density at radius 2 is 2.19 bits per heavy atom. The number of amides is 3. The van der Waals surface area contributed by atoms with Crippen molar-refractivity contribution in [2.24, 2.45) is 0 Å². The molecule has 0 aliphatic heterocycles. The van der Waals surface area contributed by atoms with Crippen molar-refractivity contribution in [3.8, 4) is 0 Å². The van der Waals surface area contributed by atoms with Crippen molar-refractivity contribution in [3.05, 3.63) is 0 Å². The van der Waals surface area contributed by atoms with E-state index in [-0.39, 0.29) is 30.4 Å². The van der Waals surface area contributed by atoms with Gasteiger partial charge in [-0.15, -0.1) is 11.6 Å². The standard InChI is InChI=1S/C10H17ClN2O3/c1-16-8-4-2-3-7(8)12-10(15)13-9(14)5-6-11/h7-8H,2-6H2,1H3,(H2,12,13,14,15). The Morgan fingerprint density at radius 1 is 1.44 bits per heavy atom. The number of methoxy groups -OCH3 is 1. The number of ether oxygens (including phenoxy) is 1. The minimum atomic E-state index is -0.468. The Balaban J connectivity index is 2.30. The Bertz CT molecular complexity index is 260. The van der Waals surface area contributed by atoms with Gasteiger partial charge in [0.15, 0.2) is 0 Å². The van der Waals surface area contributed by atoms with Crippen LogP contribution >= 0.6 is 11.6 Å². The minimum Gasteiger partial charge on any atom is -0.379 e. The van der Waals surface area contributed by atoms with Crippen molar-refractivity contribution in [2.75, 3.05) is 13.0 Å². The van der Waals surface area contributed by atoms with Crippen molar-refractivity contribution < 1.29 is 14.3 Å². The maximum Gasteiger partial charge on any atom is 0.321 e. The zero-order valence-corrected chi connectivity index (χ0v) is 10.0. The highest BCUT2D eigenvalue weighted by atomic mass is 35.5. The third-order valence-corrected chi connectivity index (χ3v) is 2.84. The largest absolute Gasteiger partial charge is 0.379 e. The third kappa shape index (κ3) is 3.98. The Kier molecular flexibility index (Phi) is 5.55. The lowest BCUT2D eigenvalue weighted by Gasteiger charge is -2.19. The monoisotopic (exact) mass is 248 g/mol. The summed E-state index contributed by atoms with van der Waals surface area (Å²) in [5.41, 5.74) is 0. The fourth-order valence-electron chi connectivity index (χ4n) is 1.85. The lowest BCUT2D eigenvalue weighted by Crippen LogP contribution is -2.47. The first kappa shape index (κ1) is 13.3. The van der Waals surface area contributed by atoms with Crippen molar-refractivity contribution in [2.45, 2.75) is 37.8 Å². The number of nitrogens with one attached hydrogen (secondary N) is 2. The second-order valence-electron chi connectivity index (χ2n) is 3.77. The number of urea groups is 1. The smallest absolute Gasteiger partial charge is 0.321 e. The van der Waals surface area contributed by atoms with Crippen LogP contribution in [-0.2, 0) is 9.53 Å². The van der Waals surface area contributed by atoms with Gasteiger partial charge in [0.25, 0.3) is 0 Å². The van der Waals surface area contributed by atoms with Gasteiger partial charge in [-0.25, -0.2) is 4.79 Å². The van der Waals surface area contributed by atoms with Gasteiger partial charge in [-0.3, -0.25) is 10.1 Å². The van der Waals surface area contributed by atoms with E-state index < -0.39 is 6.03 Å². The molecule has 0 bridgehead atoms. The molecule has 2 N–H and O–H groups in total. The molecule has 1 saturated carbocycles. The normalized spacial score (nSPS) is 24.1. The molecule has 1 aliphatic rings. The van der Waals surface area contributed by atoms with E-state index in [2.05, 4.69) is 10.6 Å². The predicted octanol–water partition coefficient (Wildman–Crippen LogP) is 1.01. The van der Waals surface area contributed by atoms with Gasteiger partial charge in [0.05, 0.1) is 12.1 Å². The average molecular weight is 249 g/mol. The zero-order valence-electron chi connectivity index (χ0n) is 9.29. The molecule has 0 heterocycles. The topological polar surface area (TPSA) is 67.4 Å². The number of rotatable bonds is 4. The molecule has 16 heavy (non-hydrogen) atoms. The molecule has 0 aromatic rings.